The van der Waals surface area contributed by atoms with Crippen LogP contribution in [0.2, 0.25) is 0 Å². The van der Waals surface area contributed by atoms with E-state index in [1.165, 1.54) is 24.8 Å². The van der Waals surface area contributed by atoms with Crippen LogP contribution in [0.15, 0.2) is 42.9 Å². The third kappa shape index (κ3) is 4.55. The molecule has 2 aromatic rings. The maximum atomic E-state index is 5.63. The van der Waals surface area contributed by atoms with Crippen molar-refractivity contribution < 1.29 is 4.74 Å². The molecule has 1 aromatic heterocycles. The van der Waals surface area contributed by atoms with Gasteiger partial charge in [0.2, 0.25) is 0 Å². The lowest BCUT2D eigenvalue weighted by Crippen LogP contribution is -2.40. The number of para-hydroxylation sites is 1. The normalized spacial score (nSPS) is 17.8. The number of rotatable bonds is 7. The highest BCUT2D eigenvalue weighted by molar-refractivity contribution is 5.36. The Morgan fingerprint density at radius 1 is 1.16 bits per heavy atom. The second kappa shape index (κ2) is 8.92. The number of nitrogens with zero attached hydrogens (tertiary/aromatic N) is 3. The van der Waals surface area contributed by atoms with Gasteiger partial charge in [0.15, 0.2) is 0 Å². The molecule has 1 saturated heterocycles. The SMILES string of the molecule is COc1ccccc1[C@H](CN[C@@H](C)c1cnccn1)N1CCCCC1. The minimum atomic E-state index is 0.163. The Kier molecular flexibility index (Phi) is 6.36. The molecule has 1 aromatic carbocycles. The molecule has 0 amide bonds. The number of nitrogens with one attached hydrogen (secondary N) is 1. The van der Waals surface area contributed by atoms with Crippen LogP contribution in [0.4, 0.5) is 0 Å². The molecule has 1 N–H and O–H groups in total. The van der Waals surface area contributed by atoms with Crippen molar-refractivity contribution in [2.45, 2.75) is 38.3 Å². The Labute approximate surface area is 150 Å². The molecule has 0 saturated carbocycles. The lowest BCUT2D eigenvalue weighted by molar-refractivity contribution is 0.155. The summed E-state index contributed by atoms with van der Waals surface area (Å²) in [5.74, 6) is 0.965. The molecule has 1 fully saturated rings. The lowest BCUT2D eigenvalue weighted by atomic mass is 10.00. The number of benzene rings is 1. The number of aromatic nitrogens is 2. The first kappa shape index (κ1) is 17.8. The van der Waals surface area contributed by atoms with E-state index in [1.54, 1.807) is 19.5 Å². The number of hydrogen-bond acceptors (Lipinski definition) is 5. The number of hydrogen-bond donors (Lipinski definition) is 1. The van der Waals surface area contributed by atoms with Gasteiger partial charge in [-0.2, -0.15) is 0 Å². The number of ether oxygens (including phenoxy) is 1. The second-order valence-electron chi connectivity index (χ2n) is 6.61. The van der Waals surface area contributed by atoms with Crippen LogP contribution in [-0.4, -0.2) is 41.6 Å². The van der Waals surface area contributed by atoms with E-state index in [0.717, 1.165) is 31.1 Å². The highest BCUT2D eigenvalue weighted by Crippen LogP contribution is 2.31. The smallest absolute Gasteiger partial charge is 0.123 e. The van der Waals surface area contributed by atoms with Crippen LogP contribution < -0.4 is 10.1 Å². The largest absolute Gasteiger partial charge is 0.496 e. The van der Waals surface area contributed by atoms with E-state index in [0.29, 0.717) is 6.04 Å². The highest BCUT2D eigenvalue weighted by Gasteiger charge is 2.25. The molecular weight excluding hydrogens is 312 g/mol. The zero-order valence-corrected chi connectivity index (χ0v) is 15.2. The van der Waals surface area contributed by atoms with Crippen molar-refractivity contribution in [3.8, 4) is 5.75 Å². The standard InChI is InChI=1S/C20H28N4O/c1-16(18-14-21-10-11-22-18)23-15-19(24-12-6-3-7-13-24)17-8-4-5-9-20(17)25-2/h4-5,8-11,14,16,19,23H,3,6-7,12-13,15H2,1-2H3/t16-,19-/m0/s1. The average molecular weight is 340 g/mol. The van der Waals surface area contributed by atoms with Crippen LogP contribution in [0.5, 0.6) is 5.75 Å². The molecular formula is C20H28N4O. The fraction of sp³-hybridized carbons (Fsp3) is 0.500. The van der Waals surface area contributed by atoms with Crippen LogP contribution in [0.25, 0.3) is 0 Å². The first-order valence-electron chi connectivity index (χ1n) is 9.16. The van der Waals surface area contributed by atoms with Crippen molar-refractivity contribution in [3.05, 3.63) is 54.1 Å². The molecule has 0 radical (unpaired) electrons. The highest BCUT2D eigenvalue weighted by atomic mass is 16.5. The molecule has 3 rings (SSSR count). The second-order valence-corrected chi connectivity index (χ2v) is 6.61. The van der Waals surface area contributed by atoms with Gasteiger partial charge >= 0.3 is 0 Å². The molecule has 2 heterocycles. The predicted octanol–water partition coefficient (Wildman–Crippen LogP) is 3.36. The van der Waals surface area contributed by atoms with E-state index >= 15 is 0 Å². The molecule has 2 atom stereocenters. The van der Waals surface area contributed by atoms with Crippen molar-refractivity contribution in [1.29, 1.82) is 0 Å². The average Bonchev–Trinajstić information content (AvgIpc) is 2.70. The molecule has 5 heteroatoms. The number of methoxy groups -OCH3 is 1. The molecule has 1 aliphatic rings. The third-order valence-electron chi connectivity index (χ3n) is 4.97. The van der Waals surface area contributed by atoms with E-state index in [2.05, 4.69) is 45.3 Å². The Bertz CT molecular complexity index is 643. The molecule has 0 unspecified atom stereocenters. The van der Waals surface area contributed by atoms with Crippen LogP contribution in [0.3, 0.4) is 0 Å². The van der Waals surface area contributed by atoms with E-state index in [9.17, 15) is 0 Å². The van der Waals surface area contributed by atoms with Gasteiger partial charge in [-0.25, -0.2) is 0 Å². The maximum absolute atomic E-state index is 5.63. The Hall–Kier alpha value is -1.98. The summed E-state index contributed by atoms with van der Waals surface area (Å²) in [6, 6.07) is 8.84. The third-order valence-corrected chi connectivity index (χ3v) is 4.97. The minimum absolute atomic E-state index is 0.163. The molecule has 0 spiro atoms. The fourth-order valence-corrected chi connectivity index (χ4v) is 3.53. The summed E-state index contributed by atoms with van der Waals surface area (Å²) in [6.45, 7) is 5.28. The Morgan fingerprint density at radius 2 is 1.96 bits per heavy atom. The summed E-state index contributed by atoms with van der Waals surface area (Å²) in [6.07, 6.45) is 9.16. The zero-order valence-electron chi connectivity index (χ0n) is 15.2. The summed E-state index contributed by atoms with van der Waals surface area (Å²) in [5.41, 5.74) is 2.23. The van der Waals surface area contributed by atoms with Crippen LogP contribution in [0, 0.1) is 0 Å². The first-order chi connectivity index (χ1) is 12.3. The molecule has 134 valence electrons. The molecule has 5 nitrogen and oxygen atoms in total. The Morgan fingerprint density at radius 3 is 2.68 bits per heavy atom. The Balaban J connectivity index is 1.76. The minimum Gasteiger partial charge on any atom is -0.496 e. The van der Waals surface area contributed by atoms with Gasteiger partial charge < -0.3 is 10.1 Å². The van der Waals surface area contributed by atoms with Gasteiger partial charge in [-0.3, -0.25) is 14.9 Å². The van der Waals surface area contributed by atoms with Crippen molar-refractivity contribution in [3.63, 3.8) is 0 Å². The monoisotopic (exact) mass is 340 g/mol. The fourth-order valence-electron chi connectivity index (χ4n) is 3.53. The zero-order chi connectivity index (χ0) is 17.5. The quantitative estimate of drug-likeness (QED) is 0.837. The predicted molar refractivity (Wildman–Crippen MR) is 99.6 cm³/mol. The molecule has 1 aliphatic heterocycles. The summed E-state index contributed by atoms with van der Waals surface area (Å²) >= 11 is 0. The van der Waals surface area contributed by atoms with Gasteiger partial charge in [-0.15, -0.1) is 0 Å². The lowest BCUT2D eigenvalue weighted by Gasteiger charge is -2.36. The van der Waals surface area contributed by atoms with Gasteiger partial charge in [0, 0.05) is 36.7 Å². The summed E-state index contributed by atoms with van der Waals surface area (Å²) in [4.78, 5) is 11.2. The first-order valence-corrected chi connectivity index (χ1v) is 9.16. The van der Waals surface area contributed by atoms with E-state index in [-0.39, 0.29) is 6.04 Å². The van der Waals surface area contributed by atoms with Crippen molar-refractivity contribution in [2.75, 3.05) is 26.7 Å². The molecule has 0 bridgehead atoms. The molecule has 25 heavy (non-hydrogen) atoms. The van der Waals surface area contributed by atoms with Gasteiger partial charge in [-0.05, 0) is 38.9 Å². The topological polar surface area (TPSA) is 50.3 Å². The van der Waals surface area contributed by atoms with Gasteiger partial charge in [0.25, 0.3) is 0 Å². The maximum Gasteiger partial charge on any atom is 0.123 e. The van der Waals surface area contributed by atoms with Gasteiger partial charge in [0.1, 0.15) is 5.75 Å². The summed E-state index contributed by atoms with van der Waals surface area (Å²) < 4.78 is 5.63. The molecule has 0 aliphatic carbocycles. The summed E-state index contributed by atoms with van der Waals surface area (Å²) in [5, 5.41) is 3.65. The van der Waals surface area contributed by atoms with E-state index in [1.807, 2.05) is 12.3 Å². The van der Waals surface area contributed by atoms with Gasteiger partial charge in [0.05, 0.1) is 18.8 Å². The van der Waals surface area contributed by atoms with Gasteiger partial charge in [-0.1, -0.05) is 24.6 Å². The number of likely N-dealkylation sites (tertiary alicyclic amines) is 1. The van der Waals surface area contributed by atoms with Crippen molar-refractivity contribution >= 4 is 0 Å². The van der Waals surface area contributed by atoms with E-state index < -0.39 is 0 Å². The number of piperidine rings is 1. The summed E-state index contributed by atoms with van der Waals surface area (Å²) in [7, 11) is 1.75. The van der Waals surface area contributed by atoms with Crippen molar-refractivity contribution in [1.82, 2.24) is 20.2 Å². The van der Waals surface area contributed by atoms with E-state index in [4.69, 9.17) is 4.74 Å². The van der Waals surface area contributed by atoms with Crippen molar-refractivity contribution in [2.24, 2.45) is 0 Å². The van der Waals surface area contributed by atoms with Crippen LogP contribution in [-0.2, 0) is 0 Å². The van der Waals surface area contributed by atoms with Crippen LogP contribution in [0.1, 0.15) is 49.5 Å². The van der Waals surface area contributed by atoms with Crippen LogP contribution >= 0.6 is 0 Å².